The Morgan fingerprint density at radius 1 is 1.47 bits per heavy atom. The lowest BCUT2D eigenvalue weighted by molar-refractivity contribution is 0.0694. The average Bonchev–Trinajstić information content (AvgIpc) is 1.97. The first-order valence-corrected chi connectivity index (χ1v) is 4.97. The van der Waals surface area contributed by atoms with E-state index in [9.17, 15) is 4.79 Å². The van der Waals surface area contributed by atoms with E-state index in [4.69, 9.17) is 10.8 Å². The summed E-state index contributed by atoms with van der Waals surface area (Å²) in [7, 11) is 0. The minimum atomic E-state index is -1.03. The van der Waals surface area contributed by atoms with Gasteiger partial charge in [-0.25, -0.2) is 14.8 Å². The van der Waals surface area contributed by atoms with Gasteiger partial charge < -0.3 is 10.8 Å². The number of carboxylic acids is 1. The molecule has 0 saturated heterocycles. The molecular formula is C10H13N3O2. The summed E-state index contributed by atoms with van der Waals surface area (Å²) in [5.74, 6) is -0.161. The molecule has 3 N–H and O–H groups in total. The first-order valence-electron chi connectivity index (χ1n) is 4.97. The molecule has 1 aliphatic carbocycles. The van der Waals surface area contributed by atoms with E-state index in [1.54, 1.807) is 6.92 Å². The van der Waals surface area contributed by atoms with Crippen molar-refractivity contribution in [1.82, 2.24) is 9.97 Å². The number of aromatic carboxylic acids is 1. The zero-order valence-electron chi connectivity index (χ0n) is 8.53. The molecule has 0 amide bonds. The Kier molecular flexibility index (Phi) is 2.30. The van der Waals surface area contributed by atoms with Gasteiger partial charge in [-0.3, -0.25) is 0 Å². The minimum absolute atomic E-state index is 0.0805. The second kappa shape index (κ2) is 3.49. The van der Waals surface area contributed by atoms with Crippen molar-refractivity contribution in [3.8, 4) is 0 Å². The summed E-state index contributed by atoms with van der Waals surface area (Å²) in [4.78, 5) is 19.1. The van der Waals surface area contributed by atoms with Crippen LogP contribution in [-0.2, 0) is 0 Å². The largest absolute Gasteiger partial charge is 0.477 e. The normalized spacial score (nSPS) is 16.1. The van der Waals surface area contributed by atoms with Gasteiger partial charge in [0.2, 0.25) is 0 Å². The third-order valence-electron chi connectivity index (χ3n) is 2.78. The first-order chi connectivity index (χ1) is 7.09. The number of carboxylic acid groups (broad SMARTS) is 1. The molecule has 1 heterocycles. The van der Waals surface area contributed by atoms with Crippen LogP contribution in [0, 0.1) is 6.92 Å². The van der Waals surface area contributed by atoms with E-state index < -0.39 is 5.97 Å². The molecule has 0 aliphatic heterocycles. The van der Waals surface area contributed by atoms with Crippen molar-refractivity contribution in [3.63, 3.8) is 0 Å². The maximum absolute atomic E-state index is 11.0. The van der Waals surface area contributed by atoms with Gasteiger partial charge in [0.1, 0.15) is 17.2 Å². The highest BCUT2D eigenvalue weighted by molar-refractivity contribution is 5.94. The van der Waals surface area contributed by atoms with E-state index in [0.29, 0.717) is 11.5 Å². The minimum Gasteiger partial charge on any atom is -0.477 e. The highest BCUT2D eigenvalue weighted by Crippen LogP contribution is 2.37. The average molecular weight is 207 g/mol. The van der Waals surface area contributed by atoms with E-state index in [0.717, 1.165) is 19.3 Å². The number of nitrogen functional groups attached to an aromatic ring is 1. The predicted molar refractivity (Wildman–Crippen MR) is 54.7 cm³/mol. The van der Waals surface area contributed by atoms with Gasteiger partial charge in [-0.1, -0.05) is 6.42 Å². The Morgan fingerprint density at radius 2 is 2.13 bits per heavy atom. The molecule has 1 aliphatic rings. The number of aromatic nitrogens is 2. The van der Waals surface area contributed by atoms with Gasteiger partial charge in [0.15, 0.2) is 0 Å². The fraction of sp³-hybridized carbons (Fsp3) is 0.500. The molecule has 80 valence electrons. The number of hydrogen-bond donors (Lipinski definition) is 2. The fourth-order valence-electron chi connectivity index (χ4n) is 1.81. The Hall–Kier alpha value is -1.65. The zero-order chi connectivity index (χ0) is 11.0. The Labute approximate surface area is 87.4 Å². The summed E-state index contributed by atoms with van der Waals surface area (Å²) in [5, 5.41) is 9.05. The Balaban J connectivity index is 2.53. The maximum atomic E-state index is 11.0. The van der Waals surface area contributed by atoms with Crippen LogP contribution in [0.15, 0.2) is 0 Å². The number of aryl methyl sites for hydroxylation is 1. The summed E-state index contributed by atoms with van der Waals surface area (Å²) in [6.07, 6.45) is 3.12. The molecule has 0 spiro atoms. The molecule has 2 rings (SSSR count). The SMILES string of the molecule is Cc1nc(N)c(C(=O)O)c(C2CCC2)n1. The third-order valence-corrected chi connectivity index (χ3v) is 2.78. The third kappa shape index (κ3) is 1.65. The molecule has 5 heteroatoms. The van der Waals surface area contributed by atoms with Crippen molar-refractivity contribution in [1.29, 1.82) is 0 Å². The Morgan fingerprint density at radius 3 is 2.60 bits per heavy atom. The van der Waals surface area contributed by atoms with Crippen LogP contribution in [0.5, 0.6) is 0 Å². The molecule has 15 heavy (non-hydrogen) atoms. The van der Waals surface area contributed by atoms with Crippen LogP contribution in [0.4, 0.5) is 5.82 Å². The molecule has 0 atom stereocenters. The number of anilines is 1. The van der Waals surface area contributed by atoms with E-state index >= 15 is 0 Å². The highest BCUT2D eigenvalue weighted by Gasteiger charge is 2.28. The van der Waals surface area contributed by atoms with Gasteiger partial charge in [-0.15, -0.1) is 0 Å². The summed E-state index contributed by atoms with van der Waals surface area (Å²) >= 11 is 0. The summed E-state index contributed by atoms with van der Waals surface area (Å²) in [6, 6.07) is 0. The lowest BCUT2D eigenvalue weighted by atomic mass is 9.81. The summed E-state index contributed by atoms with van der Waals surface area (Å²) in [5.41, 5.74) is 6.31. The lowest BCUT2D eigenvalue weighted by Crippen LogP contribution is -2.19. The van der Waals surface area contributed by atoms with Crippen molar-refractivity contribution in [2.75, 3.05) is 5.73 Å². The molecular weight excluding hydrogens is 194 g/mol. The fourth-order valence-corrected chi connectivity index (χ4v) is 1.81. The van der Waals surface area contributed by atoms with Gasteiger partial charge in [0.25, 0.3) is 0 Å². The molecule has 0 bridgehead atoms. The zero-order valence-corrected chi connectivity index (χ0v) is 8.53. The van der Waals surface area contributed by atoms with Gasteiger partial charge in [-0.2, -0.15) is 0 Å². The number of hydrogen-bond acceptors (Lipinski definition) is 4. The number of nitrogens with two attached hydrogens (primary N) is 1. The van der Waals surface area contributed by atoms with Crippen molar-refractivity contribution < 1.29 is 9.90 Å². The van der Waals surface area contributed by atoms with Gasteiger partial charge in [-0.05, 0) is 19.8 Å². The van der Waals surface area contributed by atoms with Crippen LogP contribution in [-0.4, -0.2) is 21.0 Å². The van der Waals surface area contributed by atoms with E-state index in [1.807, 2.05) is 0 Å². The Bertz CT molecular complexity index is 413. The summed E-state index contributed by atoms with van der Waals surface area (Å²) < 4.78 is 0. The van der Waals surface area contributed by atoms with E-state index in [-0.39, 0.29) is 17.3 Å². The van der Waals surface area contributed by atoms with Crippen LogP contribution >= 0.6 is 0 Å². The molecule has 1 aromatic rings. The van der Waals surface area contributed by atoms with Gasteiger partial charge in [0.05, 0.1) is 5.69 Å². The molecule has 5 nitrogen and oxygen atoms in total. The van der Waals surface area contributed by atoms with Crippen LogP contribution in [0.3, 0.4) is 0 Å². The number of carbonyl (C=O) groups is 1. The van der Waals surface area contributed by atoms with Crippen LogP contribution in [0.1, 0.15) is 47.1 Å². The van der Waals surface area contributed by atoms with Crippen LogP contribution in [0.2, 0.25) is 0 Å². The topological polar surface area (TPSA) is 89.1 Å². The molecule has 1 fully saturated rings. The molecule has 0 aromatic carbocycles. The molecule has 1 saturated carbocycles. The van der Waals surface area contributed by atoms with Crippen molar-refractivity contribution in [3.05, 3.63) is 17.1 Å². The van der Waals surface area contributed by atoms with Crippen LogP contribution in [0.25, 0.3) is 0 Å². The molecule has 0 unspecified atom stereocenters. The van der Waals surface area contributed by atoms with E-state index in [2.05, 4.69) is 9.97 Å². The highest BCUT2D eigenvalue weighted by atomic mass is 16.4. The number of nitrogens with zero attached hydrogens (tertiary/aromatic N) is 2. The summed E-state index contributed by atoms with van der Waals surface area (Å²) in [6.45, 7) is 1.73. The lowest BCUT2D eigenvalue weighted by Gasteiger charge is -2.26. The standard InChI is InChI=1S/C10H13N3O2/c1-5-12-8(6-3-2-4-6)7(10(14)15)9(11)13-5/h6H,2-4H2,1H3,(H,14,15)(H2,11,12,13). The molecule has 1 aromatic heterocycles. The number of rotatable bonds is 2. The second-order valence-electron chi connectivity index (χ2n) is 3.85. The van der Waals surface area contributed by atoms with E-state index in [1.165, 1.54) is 0 Å². The van der Waals surface area contributed by atoms with Crippen molar-refractivity contribution in [2.24, 2.45) is 0 Å². The van der Waals surface area contributed by atoms with Gasteiger partial charge >= 0.3 is 5.97 Å². The van der Waals surface area contributed by atoms with Crippen LogP contribution < -0.4 is 5.73 Å². The maximum Gasteiger partial charge on any atom is 0.341 e. The smallest absolute Gasteiger partial charge is 0.341 e. The second-order valence-corrected chi connectivity index (χ2v) is 3.85. The van der Waals surface area contributed by atoms with Crippen molar-refractivity contribution >= 4 is 11.8 Å². The van der Waals surface area contributed by atoms with Gasteiger partial charge in [0, 0.05) is 5.92 Å². The first kappa shape index (κ1) is 9.89. The monoisotopic (exact) mass is 207 g/mol. The molecule has 0 radical (unpaired) electrons. The predicted octanol–water partition coefficient (Wildman–Crippen LogP) is 1.33. The quantitative estimate of drug-likeness (QED) is 0.763. The van der Waals surface area contributed by atoms with Crippen molar-refractivity contribution in [2.45, 2.75) is 32.1 Å².